The van der Waals surface area contributed by atoms with Crippen LogP contribution in [0.4, 0.5) is 0 Å². The molecule has 0 aromatic heterocycles. The number of hydrogen-bond acceptors (Lipinski definition) is 1. The molecule has 1 nitrogen and oxygen atoms in total. The van der Waals surface area contributed by atoms with E-state index in [4.69, 9.17) is 0 Å². The highest BCUT2D eigenvalue weighted by atomic mass is 79.9. The normalized spacial score (nSPS) is 14.1. The summed E-state index contributed by atoms with van der Waals surface area (Å²) in [6, 6.07) is 0.773. The van der Waals surface area contributed by atoms with Crippen molar-refractivity contribution in [3.05, 3.63) is 0 Å². The Morgan fingerprint density at radius 1 is 1.15 bits per heavy atom. The molecule has 0 bridgehead atoms. The minimum absolute atomic E-state index is 0.773. The van der Waals surface area contributed by atoms with Crippen molar-refractivity contribution in [3.63, 3.8) is 0 Å². The van der Waals surface area contributed by atoms with E-state index in [1.54, 1.807) is 0 Å². The number of hydrogen-bond donors (Lipinski definition) is 0. The maximum Gasteiger partial charge on any atom is 0.0105 e. The summed E-state index contributed by atoms with van der Waals surface area (Å²) in [7, 11) is 0. The van der Waals surface area contributed by atoms with Crippen LogP contribution in [-0.4, -0.2) is 29.4 Å². The zero-order valence-corrected chi connectivity index (χ0v) is 11.1. The van der Waals surface area contributed by atoms with Gasteiger partial charge in [-0.05, 0) is 31.8 Å². The molecule has 0 heterocycles. The summed E-state index contributed by atoms with van der Waals surface area (Å²) in [5, 5.41) is 1.13. The van der Waals surface area contributed by atoms with E-state index in [9.17, 15) is 0 Å². The van der Waals surface area contributed by atoms with Gasteiger partial charge in [0.15, 0.2) is 0 Å². The predicted octanol–water partition coefficient (Wildman–Crippen LogP) is 3.53. The lowest BCUT2D eigenvalue weighted by atomic mass is 10.0. The summed E-state index contributed by atoms with van der Waals surface area (Å²) in [5.41, 5.74) is 0. The van der Waals surface area contributed by atoms with Crippen LogP contribution in [0, 0.1) is 5.92 Å². The fourth-order valence-electron chi connectivity index (χ4n) is 1.86. The Bertz CT molecular complexity index is 111. The molecule has 0 N–H and O–H groups in total. The van der Waals surface area contributed by atoms with Gasteiger partial charge in [0, 0.05) is 11.4 Å². The Labute approximate surface area is 92.0 Å². The van der Waals surface area contributed by atoms with Crippen molar-refractivity contribution in [2.24, 2.45) is 5.92 Å². The molecule has 0 saturated carbocycles. The monoisotopic (exact) mass is 249 g/mol. The number of rotatable bonds is 7. The third-order valence-electron chi connectivity index (χ3n) is 2.51. The molecule has 0 fully saturated rings. The SMILES string of the molecule is CCN(CC)C(CCBr)CC(C)C. The highest BCUT2D eigenvalue weighted by Crippen LogP contribution is 2.15. The van der Waals surface area contributed by atoms with Gasteiger partial charge >= 0.3 is 0 Å². The van der Waals surface area contributed by atoms with Gasteiger partial charge in [0.1, 0.15) is 0 Å². The zero-order valence-electron chi connectivity index (χ0n) is 9.52. The van der Waals surface area contributed by atoms with Crippen molar-refractivity contribution < 1.29 is 0 Å². The summed E-state index contributed by atoms with van der Waals surface area (Å²) in [6.07, 6.45) is 2.60. The third kappa shape index (κ3) is 5.69. The quantitative estimate of drug-likeness (QED) is 0.625. The zero-order chi connectivity index (χ0) is 10.3. The Morgan fingerprint density at radius 2 is 1.69 bits per heavy atom. The number of alkyl halides is 1. The average molecular weight is 250 g/mol. The second-order valence-corrected chi connectivity index (χ2v) is 4.78. The minimum Gasteiger partial charge on any atom is -0.301 e. The first-order valence-electron chi connectivity index (χ1n) is 5.45. The summed E-state index contributed by atoms with van der Waals surface area (Å²) in [6.45, 7) is 11.5. The van der Waals surface area contributed by atoms with Gasteiger partial charge in [-0.3, -0.25) is 0 Å². The molecule has 1 unspecified atom stereocenters. The molecule has 0 aliphatic heterocycles. The van der Waals surface area contributed by atoms with Crippen LogP contribution in [0.5, 0.6) is 0 Å². The Kier molecular flexibility index (Phi) is 8.07. The van der Waals surface area contributed by atoms with Crippen molar-refractivity contribution in [2.75, 3.05) is 18.4 Å². The molecule has 0 amide bonds. The maximum absolute atomic E-state index is 3.54. The third-order valence-corrected chi connectivity index (χ3v) is 2.97. The first kappa shape index (κ1) is 13.4. The second kappa shape index (κ2) is 7.81. The first-order valence-corrected chi connectivity index (χ1v) is 6.57. The predicted molar refractivity (Wildman–Crippen MR) is 64.6 cm³/mol. The molecule has 0 aromatic rings. The number of halogens is 1. The van der Waals surface area contributed by atoms with Gasteiger partial charge in [0.05, 0.1) is 0 Å². The van der Waals surface area contributed by atoms with Crippen molar-refractivity contribution in [1.82, 2.24) is 4.90 Å². The fourth-order valence-corrected chi connectivity index (χ4v) is 2.39. The van der Waals surface area contributed by atoms with E-state index >= 15 is 0 Å². The van der Waals surface area contributed by atoms with E-state index < -0.39 is 0 Å². The average Bonchev–Trinajstić information content (AvgIpc) is 2.05. The van der Waals surface area contributed by atoms with Gasteiger partial charge < -0.3 is 4.90 Å². The van der Waals surface area contributed by atoms with Crippen LogP contribution < -0.4 is 0 Å². The molecule has 2 heteroatoms. The lowest BCUT2D eigenvalue weighted by Gasteiger charge is -2.30. The summed E-state index contributed by atoms with van der Waals surface area (Å²) < 4.78 is 0. The molecule has 80 valence electrons. The Hall–Kier alpha value is 0.440. The molecule has 0 aliphatic carbocycles. The van der Waals surface area contributed by atoms with Gasteiger partial charge in [0.2, 0.25) is 0 Å². The van der Waals surface area contributed by atoms with E-state index in [1.807, 2.05) is 0 Å². The molecule has 0 aromatic carbocycles. The summed E-state index contributed by atoms with van der Waals surface area (Å²) >= 11 is 3.54. The van der Waals surface area contributed by atoms with E-state index in [2.05, 4.69) is 48.5 Å². The first-order chi connectivity index (χ1) is 6.15. The van der Waals surface area contributed by atoms with Crippen LogP contribution in [0.25, 0.3) is 0 Å². The smallest absolute Gasteiger partial charge is 0.0105 e. The fraction of sp³-hybridized carbons (Fsp3) is 1.00. The molecule has 0 radical (unpaired) electrons. The summed E-state index contributed by atoms with van der Waals surface area (Å²) in [4.78, 5) is 2.57. The molecule has 1 atom stereocenters. The molecule has 0 rings (SSSR count). The highest BCUT2D eigenvalue weighted by Gasteiger charge is 2.15. The van der Waals surface area contributed by atoms with Crippen LogP contribution in [0.15, 0.2) is 0 Å². The van der Waals surface area contributed by atoms with Gasteiger partial charge in [-0.2, -0.15) is 0 Å². The molecular weight excluding hydrogens is 226 g/mol. The highest BCUT2D eigenvalue weighted by molar-refractivity contribution is 9.09. The second-order valence-electron chi connectivity index (χ2n) is 3.98. The maximum atomic E-state index is 3.54. The van der Waals surface area contributed by atoms with E-state index in [0.717, 1.165) is 17.3 Å². The summed E-state index contributed by atoms with van der Waals surface area (Å²) in [5.74, 6) is 0.810. The van der Waals surface area contributed by atoms with E-state index in [-0.39, 0.29) is 0 Å². The van der Waals surface area contributed by atoms with Gasteiger partial charge in [-0.25, -0.2) is 0 Å². The lowest BCUT2D eigenvalue weighted by Crippen LogP contribution is -2.36. The Balaban J connectivity index is 4.03. The largest absolute Gasteiger partial charge is 0.301 e. The molecule has 0 aliphatic rings. The van der Waals surface area contributed by atoms with Crippen molar-refractivity contribution in [2.45, 2.75) is 46.6 Å². The van der Waals surface area contributed by atoms with E-state index in [0.29, 0.717) is 0 Å². The lowest BCUT2D eigenvalue weighted by molar-refractivity contribution is 0.187. The molecule has 0 spiro atoms. The van der Waals surface area contributed by atoms with Crippen molar-refractivity contribution in [1.29, 1.82) is 0 Å². The van der Waals surface area contributed by atoms with Crippen LogP contribution in [-0.2, 0) is 0 Å². The Morgan fingerprint density at radius 3 is 2.00 bits per heavy atom. The van der Waals surface area contributed by atoms with Gasteiger partial charge in [-0.15, -0.1) is 0 Å². The number of nitrogens with zero attached hydrogens (tertiary/aromatic N) is 1. The minimum atomic E-state index is 0.773. The van der Waals surface area contributed by atoms with Gasteiger partial charge in [-0.1, -0.05) is 43.6 Å². The molecule has 13 heavy (non-hydrogen) atoms. The van der Waals surface area contributed by atoms with Crippen LogP contribution in [0.1, 0.15) is 40.5 Å². The molecular formula is C11H24BrN. The van der Waals surface area contributed by atoms with Crippen LogP contribution >= 0.6 is 15.9 Å². The topological polar surface area (TPSA) is 3.24 Å². The molecule has 0 saturated heterocycles. The standard InChI is InChI=1S/C11H24BrN/c1-5-13(6-2)11(7-8-12)9-10(3)4/h10-11H,5-9H2,1-4H3. The van der Waals surface area contributed by atoms with Crippen LogP contribution in [0.2, 0.25) is 0 Å². The van der Waals surface area contributed by atoms with Crippen molar-refractivity contribution >= 4 is 15.9 Å². The van der Waals surface area contributed by atoms with Crippen molar-refractivity contribution in [3.8, 4) is 0 Å². The van der Waals surface area contributed by atoms with E-state index in [1.165, 1.54) is 25.9 Å². The van der Waals surface area contributed by atoms with Gasteiger partial charge in [0.25, 0.3) is 0 Å². The van der Waals surface area contributed by atoms with Crippen LogP contribution in [0.3, 0.4) is 0 Å².